The van der Waals surface area contributed by atoms with Crippen LogP contribution in [0.1, 0.15) is 29.3 Å². The lowest BCUT2D eigenvalue weighted by molar-refractivity contribution is -0.145. The standard InChI is InChI=1S/C18H16FNO4/c1-2-24-17(22)11-16(21)20-15-10-6-4-8-13(15)18(23)12-7-3-5-9-14(12)19/h3-10H,2,11H2,1H3,(H,20,21). The van der Waals surface area contributed by atoms with Crippen molar-refractivity contribution >= 4 is 23.3 Å². The summed E-state index contributed by atoms with van der Waals surface area (Å²) < 4.78 is 18.5. The number of para-hydroxylation sites is 1. The molecule has 0 heterocycles. The van der Waals surface area contributed by atoms with E-state index in [1.165, 1.54) is 30.3 Å². The lowest BCUT2D eigenvalue weighted by Crippen LogP contribution is -2.20. The highest BCUT2D eigenvalue weighted by Crippen LogP contribution is 2.21. The number of benzene rings is 2. The third-order valence-corrected chi connectivity index (χ3v) is 3.17. The topological polar surface area (TPSA) is 72.5 Å². The predicted octanol–water partition coefficient (Wildman–Crippen LogP) is 2.95. The molecular weight excluding hydrogens is 313 g/mol. The van der Waals surface area contributed by atoms with E-state index < -0.39 is 29.9 Å². The normalized spacial score (nSPS) is 10.1. The number of hydrogen-bond acceptors (Lipinski definition) is 4. The van der Waals surface area contributed by atoms with E-state index in [0.29, 0.717) is 0 Å². The predicted molar refractivity (Wildman–Crippen MR) is 86.2 cm³/mol. The molecular formula is C18H16FNO4. The lowest BCUT2D eigenvalue weighted by atomic mass is 10.0. The van der Waals surface area contributed by atoms with Crippen molar-refractivity contribution in [1.82, 2.24) is 0 Å². The highest BCUT2D eigenvalue weighted by molar-refractivity contribution is 6.14. The molecule has 0 unspecified atom stereocenters. The van der Waals surface area contributed by atoms with E-state index in [0.717, 1.165) is 0 Å². The molecule has 0 spiro atoms. The Morgan fingerprint density at radius 1 is 1.00 bits per heavy atom. The smallest absolute Gasteiger partial charge is 0.315 e. The average Bonchev–Trinajstić information content (AvgIpc) is 2.55. The van der Waals surface area contributed by atoms with E-state index in [1.54, 1.807) is 25.1 Å². The van der Waals surface area contributed by atoms with Gasteiger partial charge >= 0.3 is 5.97 Å². The Labute approximate surface area is 138 Å². The second kappa shape index (κ2) is 8.01. The Morgan fingerprint density at radius 2 is 1.62 bits per heavy atom. The van der Waals surface area contributed by atoms with Crippen molar-refractivity contribution in [2.24, 2.45) is 0 Å². The molecule has 0 saturated heterocycles. The summed E-state index contributed by atoms with van der Waals surface area (Å²) in [7, 11) is 0. The number of amides is 1. The monoisotopic (exact) mass is 329 g/mol. The molecule has 0 aliphatic carbocycles. The fourth-order valence-corrected chi connectivity index (χ4v) is 2.12. The summed E-state index contributed by atoms with van der Waals surface area (Å²) in [5.41, 5.74) is 0.254. The summed E-state index contributed by atoms with van der Waals surface area (Å²) in [5, 5.41) is 2.49. The molecule has 2 rings (SSSR count). The first-order valence-corrected chi connectivity index (χ1v) is 7.36. The Kier molecular flexibility index (Phi) is 5.78. The number of ketones is 1. The number of esters is 1. The van der Waals surface area contributed by atoms with Crippen molar-refractivity contribution in [3.05, 3.63) is 65.5 Å². The molecule has 0 fully saturated rings. The van der Waals surface area contributed by atoms with Crippen LogP contribution in [0, 0.1) is 5.82 Å². The van der Waals surface area contributed by atoms with E-state index in [2.05, 4.69) is 5.32 Å². The summed E-state index contributed by atoms with van der Waals surface area (Å²) in [6.07, 6.45) is -0.462. The number of anilines is 1. The number of hydrogen-bond donors (Lipinski definition) is 1. The Bertz CT molecular complexity index is 773. The van der Waals surface area contributed by atoms with Crippen LogP contribution < -0.4 is 5.32 Å². The molecule has 0 saturated carbocycles. The van der Waals surface area contributed by atoms with E-state index >= 15 is 0 Å². The first kappa shape index (κ1) is 17.3. The van der Waals surface area contributed by atoms with Gasteiger partial charge in [0.15, 0.2) is 5.78 Å². The fourth-order valence-electron chi connectivity index (χ4n) is 2.12. The van der Waals surface area contributed by atoms with Gasteiger partial charge in [-0.15, -0.1) is 0 Å². The van der Waals surface area contributed by atoms with Gasteiger partial charge < -0.3 is 10.1 Å². The van der Waals surface area contributed by atoms with Gasteiger partial charge in [0.05, 0.1) is 17.9 Å². The summed E-state index contributed by atoms with van der Waals surface area (Å²) in [5.74, 6) is -2.47. The molecule has 124 valence electrons. The van der Waals surface area contributed by atoms with Crippen molar-refractivity contribution in [3.8, 4) is 0 Å². The van der Waals surface area contributed by atoms with Gasteiger partial charge in [-0.25, -0.2) is 4.39 Å². The zero-order valence-corrected chi connectivity index (χ0v) is 13.0. The van der Waals surface area contributed by atoms with Crippen molar-refractivity contribution in [1.29, 1.82) is 0 Å². The quantitative estimate of drug-likeness (QED) is 0.502. The zero-order chi connectivity index (χ0) is 17.5. The molecule has 0 bridgehead atoms. The Hall–Kier alpha value is -3.02. The maximum atomic E-state index is 13.8. The number of carbonyl (C=O) groups is 3. The number of halogens is 1. The van der Waals surface area contributed by atoms with Crippen LogP contribution in [0.2, 0.25) is 0 Å². The summed E-state index contributed by atoms with van der Waals surface area (Å²) in [6.45, 7) is 1.81. The van der Waals surface area contributed by atoms with Gasteiger partial charge in [-0.05, 0) is 31.2 Å². The largest absolute Gasteiger partial charge is 0.466 e. The molecule has 6 heteroatoms. The molecule has 24 heavy (non-hydrogen) atoms. The molecule has 0 atom stereocenters. The molecule has 0 aliphatic heterocycles. The lowest BCUT2D eigenvalue weighted by Gasteiger charge is -2.10. The minimum absolute atomic E-state index is 0.0930. The second-order valence-electron chi connectivity index (χ2n) is 4.88. The number of rotatable bonds is 6. The molecule has 2 aromatic carbocycles. The van der Waals surface area contributed by atoms with Gasteiger partial charge in [0, 0.05) is 5.56 Å². The van der Waals surface area contributed by atoms with Crippen molar-refractivity contribution in [2.45, 2.75) is 13.3 Å². The van der Waals surface area contributed by atoms with Crippen molar-refractivity contribution < 1.29 is 23.5 Å². The molecule has 0 aromatic heterocycles. The van der Waals surface area contributed by atoms with Crippen molar-refractivity contribution in [3.63, 3.8) is 0 Å². The van der Waals surface area contributed by atoms with Gasteiger partial charge in [-0.1, -0.05) is 24.3 Å². The molecule has 0 aliphatic rings. The highest BCUT2D eigenvalue weighted by atomic mass is 19.1. The Balaban J connectivity index is 2.22. The minimum atomic E-state index is -0.659. The molecule has 1 N–H and O–H groups in total. The van der Waals surface area contributed by atoms with Gasteiger partial charge in [-0.2, -0.15) is 0 Å². The van der Waals surface area contributed by atoms with Crippen LogP contribution in [-0.2, 0) is 14.3 Å². The molecule has 1 amide bonds. The van der Waals surface area contributed by atoms with E-state index in [4.69, 9.17) is 4.74 Å². The van der Waals surface area contributed by atoms with E-state index in [9.17, 15) is 18.8 Å². The first-order valence-electron chi connectivity index (χ1n) is 7.36. The minimum Gasteiger partial charge on any atom is -0.466 e. The van der Waals surface area contributed by atoms with Gasteiger partial charge in [0.1, 0.15) is 12.2 Å². The average molecular weight is 329 g/mol. The van der Waals surface area contributed by atoms with Gasteiger partial charge in [0.2, 0.25) is 5.91 Å². The maximum Gasteiger partial charge on any atom is 0.315 e. The van der Waals surface area contributed by atoms with Crippen LogP contribution in [-0.4, -0.2) is 24.3 Å². The molecule has 5 nitrogen and oxygen atoms in total. The summed E-state index contributed by atoms with van der Waals surface area (Å²) in [6, 6.07) is 11.8. The number of carbonyl (C=O) groups excluding carboxylic acids is 3. The number of nitrogens with one attached hydrogen (secondary N) is 1. The van der Waals surface area contributed by atoms with Crippen LogP contribution in [0.25, 0.3) is 0 Å². The van der Waals surface area contributed by atoms with Crippen LogP contribution in [0.15, 0.2) is 48.5 Å². The van der Waals surface area contributed by atoms with Crippen molar-refractivity contribution in [2.75, 3.05) is 11.9 Å². The first-order chi connectivity index (χ1) is 11.5. The van der Waals surface area contributed by atoms with Crippen LogP contribution >= 0.6 is 0 Å². The van der Waals surface area contributed by atoms with Gasteiger partial charge in [0.25, 0.3) is 0 Å². The van der Waals surface area contributed by atoms with Crippen LogP contribution in [0.3, 0.4) is 0 Å². The van der Waals surface area contributed by atoms with E-state index in [1.807, 2.05) is 0 Å². The zero-order valence-electron chi connectivity index (χ0n) is 13.0. The number of ether oxygens (including phenoxy) is 1. The second-order valence-corrected chi connectivity index (χ2v) is 4.88. The van der Waals surface area contributed by atoms with Crippen LogP contribution in [0.4, 0.5) is 10.1 Å². The summed E-state index contributed by atoms with van der Waals surface area (Å²) >= 11 is 0. The van der Waals surface area contributed by atoms with E-state index in [-0.39, 0.29) is 23.4 Å². The van der Waals surface area contributed by atoms with Crippen LogP contribution in [0.5, 0.6) is 0 Å². The SMILES string of the molecule is CCOC(=O)CC(=O)Nc1ccccc1C(=O)c1ccccc1F. The third-order valence-electron chi connectivity index (χ3n) is 3.17. The maximum absolute atomic E-state index is 13.8. The summed E-state index contributed by atoms with van der Waals surface area (Å²) in [4.78, 5) is 35.7. The third kappa shape index (κ3) is 4.25. The highest BCUT2D eigenvalue weighted by Gasteiger charge is 2.18. The molecule has 0 radical (unpaired) electrons. The van der Waals surface area contributed by atoms with Gasteiger partial charge in [-0.3, -0.25) is 14.4 Å². The Morgan fingerprint density at radius 3 is 2.29 bits per heavy atom. The fraction of sp³-hybridized carbons (Fsp3) is 0.167. The molecule has 2 aromatic rings.